The Balaban J connectivity index is 1.69. The van der Waals surface area contributed by atoms with Crippen molar-refractivity contribution in [1.82, 2.24) is 19.3 Å². The van der Waals surface area contributed by atoms with Crippen molar-refractivity contribution < 1.29 is 22.7 Å². The summed E-state index contributed by atoms with van der Waals surface area (Å²) in [5.41, 5.74) is 1.85. The molecule has 1 atom stereocenters. The Morgan fingerprint density at radius 3 is 2.61 bits per heavy atom. The summed E-state index contributed by atoms with van der Waals surface area (Å²) in [7, 11) is -0.807. The van der Waals surface area contributed by atoms with E-state index in [1.165, 1.54) is 39.2 Å². The fourth-order valence-electron chi connectivity index (χ4n) is 2.80. The van der Waals surface area contributed by atoms with Crippen LogP contribution in [-0.4, -0.2) is 59.8 Å². The maximum atomic E-state index is 12.5. The lowest BCUT2D eigenvalue weighted by Crippen LogP contribution is -2.30. The summed E-state index contributed by atoms with van der Waals surface area (Å²) < 4.78 is 32.5. The minimum Gasteiger partial charge on any atom is -0.449 e. The molecule has 11 heteroatoms. The normalized spacial score (nSPS) is 12.7. The molecule has 31 heavy (non-hydrogen) atoms. The van der Waals surface area contributed by atoms with Gasteiger partial charge in [0.1, 0.15) is 5.52 Å². The second-order valence-electron chi connectivity index (χ2n) is 6.96. The van der Waals surface area contributed by atoms with Crippen LogP contribution in [0, 0.1) is 0 Å². The largest absolute Gasteiger partial charge is 0.449 e. The fraction of sp³-hybridized carbons (Fsp3) is 0.300. The van der Waals surface area contributed by atoms with E-state index >= 15 is 0 Å². The topological polar surface area (TPSA) is 123 Å². The number of aromatic nitrogens is 3. The fourth-order valence-corrected chi connectivity index (χ4v) is 3.75. The Morgan fingerprint density at radius 2 is 1.94 bits per heavy atom. The smallest absolute Gasteiger partial charge is 0.338 e. The third-order valence-corrected chi connectivity index (χ3v) is 6.39. The molecule has 0 bridgehead atoms. The van der Waals surface area contributed by atoms with Crippen molar-refractivity contribution in [3.05, 3.63) is 48.0 Å². The Hall–Kier alpha value is -3.31. The first-order valence-corrected chi connectivity index (χ1v) is 10.9. The summed E-state index contributed by atoms with van der Waals surface area (Å²) in [5, 5.41) is 10.6. The Labute approximate surface area is 179 Å². The quantitative estimate of drug-likeness (QED) is 0.551. The van der Waals surface area contributed by atoms with Crippen LogP contribution < -0.4 is 5.32 Å². The summed E-state index contributed by atoms with van der Waals surface area (Å²) >= 11 is 0. The van der Waals surface area contributed by atoms with Crippen LogP contribution >= 0.6 is 0 Å². The number of sulfonamides is 1. The van der Waals surface area contributed by atoms with E-state index in [4.69, 9.17) is 4.74 Å². The van der Waals surface area contributed by atoms with Crippen molar-refractivity contribution in [1.29, 1.82) is 0 Å². The van der Waals surface area contributed by atoms with E-state index in [0.717, 1.165) is 9.82 Å². The second-order valence-corrected chi connectivity index (χ2v) is 9.11. The molecular weight excluding hydrogens is 422 g/mol. The number of fused-ring (bicyclic) bond motifs is 1. The van der Waals surface area contributed by atoms with Gasteiger partial charge in [0.05, 0.1) is 16.0 Å². The maximum absolute atomic E-state index is 12.5. The molecule has 1 unspecified atom stereocenters. The number of aryl methyl sites for hydroxylation is 1. The Kier molecular flexibility index (Phi) is 6.37. The molecule has 1 aromatic heterocycles. The van der Waals surface area contributed by atoms with Gasteiger partial charge in [-0.25, -0.2) is 22.2 Å². The second kappa shape index (κ2) is 8.82. The lowest BCUT2D eigenvalue weighted by atomic mass is 10.2. The zero-order chi connectivity index (χ0) is 22.8. The molecule has 0 aliphatic carbocycles. The predicted octanol–water partition coefficient (Wildman–Crippen LogP) is 1.89. The molecule has 0 spiro atoms. The molecule has 0 fully saturated rings. The first kappa shape index (κ1) is 22.4. The molecule has 164 valence electrons. The molecule has 3 rings (SSSR count). The molecule has 3 aromatic rings. The average molecular weight is 446 g/mol. The highest BCUT2D eigenvalue weighted by molar-refractivity contribution is 7.89. The SMILES string of the molecule is CCn1nnc2cc(C(=O)OC(C)C(=O)Nc3cccc(S(=O)(=O)N(C)C)c3)ccc21. The average Bonchev–Trinajstić information content (AvgIpc) is 3.16. The van der Waals surface area contributed by atoms with Gasteiger partial charge < -0.3 is 10.1 Å². The van der Waals surface area contributed by atoms with Crippen LogP contribution in [0.4, 0.5) is 5.69 Å². The number of carbonyl (C=O) groups is 2. The molecule has 1 heterocycles. The van der Waals surface area contributed by atoms with Crippen LogP contribution in [-0.2, 0) is 26.1 Å². The van der Waals surface area contributed by atoms with Crippen LogP contribution in [0.15, 0.2) is 47.4 Å². The van der Waals surface area contributed by atoms with E-state index in [-0.39, 0.29) is 16.1 Å². The highest BCUT2D eigenvalue weighted by atomic mass is 32.2. The molecule has 0 aliphatic rings. The number of anilines is 1. The number of nitrogens with one attached hydrogen (secondary N) is 1. The highest BCUT2D eigenvalue weighted by Crippen LogP contribution is 2.19. The summed E-state index contributed by atoms with van der Waals surface area (Å²) in [4.78, 5) is 24.9. The van der Waals surface area contributed by atoms with Crippen molar-refractivity contribution in [2.45, 2.75) is 31.4 Å². The van der Waals surface area contributed by atoms with Crippen LogP contribution in [0.5, 0.6) is 0 Å². The van der Waals surface area contributed by atoms with Gasteiger partial charge in [-0.15, -0.1) is 5.10 Å². The number of rotatable bonds is 7. The Morgan fingerprint density at radius 1 is 1.19 bits per heavy atom. The molecular formula is C20H23N5O5S. The van der Waals surface area contributed by atoms with Gasteiger partial charge in [-0.3, -0.25) is 4.79 Å². The zero-order valence-electron chi connectivity index (χ0n) is 17.6. The van der Waals surface area contributed by atoms with E-state index in [9.17, 15) is 18.0 Å². The first-order chi connectivity index (χ1) is 14.6. The third-order valence-electron chi connectivity index (χ3n) is 4.58. The zero-order valence-corrected chi connectivity index (χ0v) is 18.4. The van der Waals surface area contributed by atoms with Crippen LogP contribution in [0.1, 0.15) is 24.2 Å². The molecule has 0 saturated heterocycles. The van der Waals surface area contributed by atoms with Crippen LogP contribution in [0.25, 0.3) is 11.0 Å². The van der Waals surface area contributed by atoms with Gasteiger partial charge >= 0.3 is 5.97 Å². The summed E-state index contributed by atoms with van der Waals surface area (Å²) in [5.74, 6) is -1.27. The number of hydrogen-bond donors (Lipinski definition) is 1. The van der Waals surface area contributed by atoms with E-state index in [0.29, 0.717) is 12.1 Å². The predicted molar refractivity (Wildman–Crippen MR) is 114 cm³/mol. The van der Waals surface area contributed by atoms with Gasteiger partial charge in [0, 0.05) is 26.3 Å². The first-order valence-electron chi connectivity index (χ1n) is 9.51. The number of hydrogen-bond acceptors (Lipinski definition) is 7. The highest BCUT2D eigenvalue weighted by Gasteiger charge is 2.21. The Bertz CT molecular complexity index is 1240. The van der Waals surface area contributed by atoms with Gasteiger partial charge in [0.15, 0.2) is 6.10 Å². The molecule has 2 aromatic carbocycles. The molecule has 1 N–H and O–H groups in total. The number of carbonyl (C=O) groups excluding carboxylic acids is 2. The van der Waals surface area contributed by atoms with E-state index in [1.54, 1.807) is 28.9 Å². The van der Waals surface area contributed by atoms with Gasteiger partial charge in [-0.2, -0.15) is 0 Å². The number of benzene rings is 2. The molecule has 0 saturated carbocycles. The lowest BCUT2D eigenvalue weighted by Gasteiger charge is -2.15. The van der Waals surface area contributed by atoms with Crippen LogP contribution in [0.3, 0.4) is 0 Å². The van der Waals surface area contributed by atoms with Gasteiger partial charge in [-0.05, 0) is 50.2 Å². The van der Waals surface area contributed by atoms with Crippen molar-refractivity contribution in [2.24, 2.45) is 0 Å². The number of ether oxygens (including phenoxy) is 1. The number of amides is 1. The number of esters is 1. The molecule has 10 nitrogen and oxygen atoms in total. The van der Waals surface area contributed by atoms with Crippen molar-refractivity contribution in [3.8, 4) is 0 Å². The van der Waals surface area contributed by atoms with E-state index in [2.05, 4.69) is 15.6 Å². The minimum absolute atomic E-state index is 0.0355. The van der Waals surface area contributed by atoms with E-state index in [1.807, 2.05) is 6.92 Å². The molecule has 1 amide bonds. The third kappa shape index (κ3) is 4.72. The summed E-state index contributed by atoms with van der Waals surface area (Å²) in [6.07, 6.45) is -1.11. The van der Waals surface area contributed by atoms with Crippen LogP contribution in [0.2, 0.25) is 0 Å². The maximum Gasteiger partial charge on any atom is 0.338 e. The lowest BCUT2D eigenvalue weighted by molar-refractivity contribution is -0.123. The molecule has 0 aliphatic heterocycles. The standard InChI is InChI=1S/C20H23N5O5S/c1-5-25-18-10-9-14(11-17(18)22-23-25)20(27)30-13(2)19(26)21-15-7-6-8-16(12-15)31(28,29)24(3)4/h6-13H,5H2,1-4H3,(H,21,26). The molecule has 0 radical (unpaired) electrons. The van der Waals surface area contributed by atoms with Gasteiger partial charge in [0.25, 0.3) is 5.91 Å². The minimum atomic E-state index is -3.64. The van der Waals surface area contributed by atoms with Crippen molar-refractivity contribution in [2.75, 3.05) is 19.4 Å². The van der Waals surface area contributed by atoms with E-state index < -0.39 is 28.0 Å². The monoisotopic (exact) mass is 445 g/mol. The van der Waals surface area contributed by atoms with Gasteiger partial charge in [0.2, 0.25) is 10.0 Å². The van der Waals surface area contributed by atoms with Gasteiger partial charge in [-0.1, -0.05) is 11.3 Å². The summed E-state index contributed by atoms with van der Waals surface area (Å²) in [6, 6.07) is 10.7. The van der Waals surface area contributed by atoms with Crippen molar-refractivity contribution in [3.63, 3.8) is 0 Å². The summed E-state index contributed by atoms with van der Waals surface area (Å²) in [6.45, 7) is 4.01. The van der Waals surface area contributed by atoms with Crippen molar-refractivity contribution >= 4 is 38.6 Å². The number of nitrogens with zero attached hydrogens (tertiary/aromatic N) is 4.